The van der Waals surface area contributed by atoms with Crippen molar-refractivity contribution in [3.8, 4) is 0 Å². The number of hydrogen-bond acceptors (Lipinski definition) is 4. The van der Waals surface area contributed by atoms with Crippen LogP contribution in [0.1, 0.15) is 73.7 Å². The molecule has 3 aliphatic carbocycles. The van der Waals surface area contributed by atoms with E-state index in [1.165, 1.54) is 0 Å². The van der Waals surface area contributed by atoms with Crippen molar-refractivity contribution in [3.05, 3.63) is 35.4 Å². The minimum absolute atomic E-state index is 0.0639. The van der Waals surface area contributed by atoms with Crippen molar-refractivity contribution in [1.82, 2.24) is 20.0 Å². The van der Waals surface area contributed by atoms with E-state index in [2.05, 4.69) is 5.32 Å². The van der Waals surface area contributed by atoms with Gasteiger partial charge in [0.25, 0.3) is 11.8 Å². The zero-order chi connectivity index (χ0) is 23.2. The van der Waals surface area contributed by atoms with Gasteiger partial charge in [-0.1, -0.05) is 31.4 Å². The largest absolute Gasteiger partial charge is 0.349 e. The lowest BCUT2D eigenvalue weighted by molar-refractivity contribution is -0.141. The lowest BCUT2D eigenvalue weighted by Crippen LogP contribution is -2.49. The Balaban J connectivity index is 1.25. The maximum absolute atomic E-state index is 13.3. The Kier molecular flexibility index (Phi) is 5.62. The number of carbonyl (C=O) groups is 4. The molecule has 33 heavy (non-hydrogen) atoms. The SMILES string of the molecule is CN1C(=O)N(CC(=O)N(Cc2ccc(C(=O)NC3CC3)cc2)C2CC2)C(=O)C12CCCCC2. The second-order valence-electron chi connectivity index (χ2n) is 10.0. The molecule has 176 valence electrons. The third-order valence-electron chi connectivity index (χ3n) is 7.57. The highest BCUT2D eigenvalue weighted by Crippen LogP contribution is 2.39. The van der Waals surface area contributed by atoms with Gasteiger partial charge in [0.2, 0.25) is 5.91 Å². The number of nitrogens with one attached hydrogen (secondary N) is 1. The average molecular weight is 453 g/mol. The van der Waals surface area contributed by atoms with Gasteiger partial charge in [0.05, 0.1) is 0 Å². The van der Waals surface area contributed by atoms with E-state index >= 15 is 0 Å². The summed E-state index contributed by atoms with van der Waals surface area (Å²) in [5, 5.41) is 2.98. The summed E-state index contributed by atoms with van der Waals surface area (Å²) >= 11 is 0. The van der Waals surface area contributed by atoms with Crippen LogP contribution in [-0.4, -0.2) is 69.7 Å². The molecule has 1 spiro atoms. The van der Waals surface area contributed by atoms with Crippen molar-refractivity contribution in [2.45, 2.75) is 82.0 Å². The molecule has 1 aromatic carbocycles. The number of amides is 5. The van der Waals surface area contributed by atoms with Crippen LogP contribution in [0.2, 0.25) is 0 Å². The second kappa shape index (κ2) is 8.47. The number of rotatable bonds is 7. The zero-order valence-corrected chi connectivity index (χ0v) is 19.2. The molecule has 0 radical (unpaired) electrons. The Morgan fingerprint density at radius 1 is 1.03 bits per heavy atom. The fourth-order valence-electron chi connectivity index (χ4n) is 5.16. The molecule has 8 nitrogen and oxygen atoms in total. The van der Waals surface area contributed by atoms with Crippen LogP contribution in [0.25, 0.3) is 0 Å². The monoisotopic (exact) mass is 452 g/mol. The predicted octanol–water partition coefficient (Wildman–Crippen LogP) is 2.67. The van der Waals surface area contributed by atoms with Gasteiger partial charge < -0.3 is 15.1 Å². The molecule has 1 aromatic rings. The first-order valence-electron chi connectivity index (χ1n) is 12.2. The summed E-state index contributed by atoms with van der Waals surface area (Å²) in [6, 6.07) is 7.42. The number of hydrogen-bond donors (Lipinski definition) is 1. The zero-order valence-electron chi connectivity index (χ0n) is 19.2. The number of benzene rings is 1. The fourth-order valence-corrected chi connectivity index (χ4v) is 5.16. The van der Waals surface area contributed by atoms with Crippen molar-refractivity contribution in [1.29, 1.82) is 0 Å². The first-order chi connectivity index (χ1) is 15.9. The quantitative estimate of drug-likeness (QED) is 0.644. The van der Waals surface area contributed by atoms with E-state index in [-0.39, 0.29) is 36.3 Å². The molecule has 5 amide bonds. The standard InChI is InChI=1S/C25H32N4O4/c1-27-24(33)29(23(32)25(27)13-3-2-4-14-25)16-21(30)28(20-11-12-20)15-17-5-7-18(8-6-17)22(31)26-19-9-10-19/h5-8,19-20H,2-4,9-16H2,1H3,(H,26,31). The maximum atomic E-state index is 13.3. The van der Waals surface area contributed by atoms with Gasteiger partial charge in [0.15, 0.2) is 0 Å². The maximum Gasteiger partial charge on any atom is 0.327 e. The molecular formula is C25H32N4O4. The van der Waals surface area contributed by atoms with Crippen LogP contribution in [-0.2, 0) is 16.1 Å². The minimum atomic E-state index is -0.767. The van der Waals surface area contributed by atoms with Gasteiger partial charge >= 0.3 is 6.03 Å². The first kappa shape index (κ1) is 21.9. The van der Waals surface area contributed by atoms with E-state index in [1.807, 2.05) is 12.1 Å². The van der Waals surface area contributed by atoms with Crippen LogP contribution in [0.15, 0.2) is 24.3 Å². The highest BCUT2D eigenvalue weighted by molar-refractivity contribution is 6.09. The first-order valence-corrected chi connectivity index (χ1v) is 12.2. The molecule has 1 saturated heterocycles. The van der Waals surface area contributed by atoms with Gasteiger partial charge in [0, 0.05) is 31.2 Å². The smallest absolute Gasteiger partial charge is 0.327 e. The van der Waals surface area contributed by atoms with Crippen LogP contribution >= 0.6 is 0 Å². The molecule has 8 heteroatoms. The number of urea groups is 1. The van der Waals surface area contributed by atoms with Gasteiger partial charge in [-0.15, -0.1) is 0 Å². The van der Waals surface area contributed by atoms with Crippen LogP contribution in [0.3, 0.4) is 0 Å². The van der Waals surface area contributed by atoms with Crippen molar-refractivity contribution in [2.24, 2.45) is 0 Å². The summed E-state index contributed by atoms with van der Waals surface area (Å²) in [5.41, 5.74) is 0.777. The number of imide groups is 1. The van der Waals surface area contributed by atoms with Gasteiger partial charge in [-0.05, 0) is 56.2 Å². The summed E-state index contributed by atoms with van der Waals surface area (Å²) in [6.45, 7) is 0.202. The molecule has 0 bridgehead atoms. The molecule has 1 heterocycles. The van der Waals surface area contributed by atoms with Crippen molar-refractivity contribution >= 4 is 23.8 Å². The molecule has 5 rings (SSSR count). The van der Waals surface area contributed by atoms with E-state index in [4.69, 9.17) is 0 Å². The van der Waals surface area contributed by atoms with Gasteiger partial charge in [-0.3, -0.25) is 19.3 Å². The topological polar surface area (TPSA) is 90.0 Å². The van der Waals surface area contributed by atoms with Crippen LogP contribution in [0.4, 0.5) is 4.79 Å². The molecule has 3 saturated carbocycles. The molecular weight excluding hydrogens is 420 g/mol. The second-order valence-corrected chi connectivity index (χ2v) is 10.0. The molecule has 1 aliphatic heterocycles. The van der Waals surface area contributed by atoms with Crippen molar-refractivity contribution in [2.75, 3.05) is 13.6 Å². The molecule has 1 N–H and O–H groups in total. The number of likely N-dealkylation sites (N-methyl/N-ethyl adjacent to an activating group) is 1. The van der Waals surface area contributed by atoms with E-state index in [9.17, 15) is 19.2 Å². The normalized spacial score (nSPS) is 22.1. The van der Waals surface area contributed by atoms with Crippen LogP contribution < -0.4 is 5.32 Å². The Labute approximate surface area is 194 Å². The predicted molar refractivity (Wildman–Crippen MR) is 121 cm³/mol. The van der Waals surface area contributed by atoms with Gasteiger partial charge in [0.1, 0.15) is 12.1 Å². The van der Waals surface area contributed by atoms with Crippen LogP contribution in [0.5, 0.6) is 0 Å². The Morgan fingerprint density at radius 2 is 1.70 bits per heavy atom. The van der Waals surface area contributed by atoms with Crippen molar-refractivity contribution < 1.29 is 19.2 Å². The Bertz CT molecular complexity index is 961. The average Bonchev–Trinajstić information content (AvgIpc) is 3.75. The summed E-state index contributed by atoms with van der Waals surface area (Å²) < 4.78 is 0. The highest BCUT2D eigenvalue weighted by Gasteiger charge is 2.56. The molecule has 4 aliphatic rings. The van der Waals surface area contributed by atoms with Gasteiger partial charge in [-0.2, -0.15) is 0 Å². The molecule has 4 fully saturated rings. The molecule has 0 atom stereocenters. The number of carbonyl (C=O) groups excluding carboxylic acids is 4. The molecule has 0 aromatic heterocycles. The van der Waals surface area contributed by atoms with E-state index in [0.717, 1.165) is 55.4 Å². The Morgan fingerprint density at radius 3 is 2.30 bits per heavy atom. The van der Waals surface area contributed by atoms with Gasteiger partial charge in [-0.25, -0.2) is 4.79 Å². The third-order valence-corrected chi connectivity index (χ3v) is 7.57. The fraction of sp³-hybridized carbons (Fsp3) is 0.600. The van der Waals surface area contributed by atoms with E-state index in [0.29, 0.717) is 31.0 Å². The third kappa shape index (κ3) is 4.23. The molecule has 0 unspecified atom stereocenters. The van der Waals surface area contributed by atoms with Crippen LogP contribution in [0, 0.1) is 0 Å². The van der Waals surface area contributed by atoms with E-state index < -0.39 is 5.54 Å². The lowest BCUT2D eigenvalue weighted by atomic mass is 9.81. The summed E-state index contributed by atoms with van der Waals surface area (Å²) in [5.74, 6) is -0.480. The lowest BCUT2D eigenvalue weighted by Gasteiger charge is -2.35. The summed E-state index contributed by atoms with van der Waals surface area (Å²) in [4.78, 5) is 56.1. The minimum Gasteiger partial charge on any atom is -0.349 e. The highest BCUT2D eigenvalue weighted by atomic mass is 16.2. The van der Waals surface area contributed by atoms with Crippen molar-refractivity contribution in [3.63, 3.8) is 0 Å². The summed E-state index contributed by atoms with van der Waals surface area (Å²) in [7, 11) is 1.69. The Hall–Kier alpha value is -2.90. The van der Waals surface area contributed by atoms with E-state index in [1.54, 1.807) is 29.0 Å². The number of nitrogens with zero attached hydrogens (tertiary/aromatic N) is 3. The summed E-state index contributed by atoms with van der Waals surface area (Å²) in [6.07, 6.45) is 8.22.